The molecule has 7 heteroatoms. The molecule has 7 nitrogen and oxygen atoms in total. The lowest BCUT2D eigenvalue weighted by molar-refractivity contribution is -0.140. The second-order valence-corrected chi connectivity index (χ2v) is 5.90. The van der Waals surface area contributed by atoms with Crippen molar-refractivity contribution in [1.82, 2.24) is 19.7 Å². The highest BCUT2D eigenvalue weighted by Crippen LogP contribution is 2.22. The minimum absolute atomic E-state index is 0.0530. The Hall–Kier alpha value is -2.54. The fraction of sp³-hybridized carbons (Fsp3) is 0.412. The molecule has 0 aromatic carbocycles. The molecular formula is C17H20N4O3. The quantitative estimate of drug-likeness (QED) is 0.835. The van der Waals surface area contributed by atoms with Gasteiger partial charge >= 0.3 is 0 Å². The van der Waals surface area contributed by atoms with Crippen LogP contribution in [-0.4, -0.2) is 45.3 Å². The van der Waals surface area contributed by atoms with Crippen molar-refractivity contribution in [2.45, 2.75) is 26.5 Å². The van der Waals surface area contributed by atoms with Crippen LogP contribution in [0, 0.1) is 13.8 Å². The van der Waals surface area contributed by atoms with Gasteiger partial charge < -0.3 is 9.64 Å². The van der Waals surface area contributed by atoms with Crippen LogP contribution in [0.5, 0.6) is 0 Å². The lowest BCUT2D eigenvalue weighted by atomic mass is 10.1. The molecule has 2 aromatic rings. The van der Waals surface area contributed by atoms with E-state index in [1.54, 1.807) is 24.1 Å². The summed E-state index contributed by atoms with van der Waals surface area (Å²) in [5, 5.41) is 4.11. The molecule has 1 atom stereocenters. The van der Waals surface area contributed by atoms with Crippen LogP contribution in [0.1, 0.15) is 23.1 Å². The third-order valence-corrected chi connectivity index (χ3v) is 4.00. The maximum atomic E-state index is 12.5. The minimum Gasteiger partial charge on any atom is -0.370 e. The summed E-state index contributed by atoms with van der Waals surface area (Å²) in [6.07, 6.45) is 1.57. The number of rotatable bonds is 3. The molecule has 3 rings (SSSR count). The molecule has 126 valence electrons. The summed E-state index contributed by atoms with van der Waals surface area (Å²) in [7, 11) is 0. The summed E-state index contributed by atoms with van der Waals surface area (Å²) in [6.45, 7) is 5.10. The number of hydrogen-bond acceptors (Lipinski definition) is 5. The zero-order chi connectivity index (χ0) is 17.1. The molecule has 2 aromatic heterocycles. The number of ether oxygens (including phenoxy) is 1. The fourth-order valence-electron chi connectivity index (χ4n) is 2.74. The van der Waals surface area contributed by atoms with Gasteiger partial charge in [0.2, 0.25) is 5.91 Å². The standard InChI is InChI=1S/C17H20N4O3/c1-12-3-4-16(22)21(19-12)11-17(23)20-7-8-24-15(10-20)14-5-6-18-13(2)9-14/h3-6,9,15H,7-8,10-11H2,1-2H3. The number of carbonyl (C=O) groups excluding carboxylic acids is 1. The zero-order valence-electron chi connectivity index (χ0n) is 13.8. The largest absolute Gasteiger partial charge is 0.370 e. The lowest BCUT2D eigenvalue weighted by Gasteiger charge is -2.33. The Kier molecular flexibility index (Phi) is 4.71. The summed E-state index contributed by atoms with van der Waals surface area (Å²) in [5.41, 5.74) is 2.35. The molecule has 0 radical (unpaired) electrons. The lowest BCUT2D eigenvalue weighted by Crippen LogP contribution is -2.45. The maximum Gasteiger partial charge on any atom is 0.267 e. The second-order valence-electron chi connectivity index (χ2n) is 5.90. The smallest absolute Gasteiger partial charge is 0.267 e. The van der Waals surface area contributed by atoms with Crippen LogP contribution in [0.15, 0.2) is 35.3 Å². The predicted molar refractivity (Wildman–Crippen MR) is 87.5 cm³/mol. The van der Waals surface area contributed by atoms with E-state index in [1.807, 2.05) is 19.1 Å². The number of aryl methyl sites for hydroxylation is 2. The molecule has 0 aliphatic carbocycles. The number of carbonyl (C=O) groups is 1. The molecule has 1 saturated heterocycles. The Bertz CT molecular complexity index is 802. The Morgan fingerprint density at radius 1 is 1.29 bits per heavy atom. The van der Waals surface area contributed by atoms with Crippen LogP contribution in [-0.2, 0) is 16.1 Å². The topological polar surface area (TPSA) is 77.3 Å². The van der Waals surface area contributed by atoms with E-state index in [1.165, 1.54) is 10.7 Å². The van der Waals surface area contributed by atoms with E-state index in [9.17, 15) is 9.59 Å². The average molecular weight is 328 g/mol. The molecular weight excluding hydrogens is 308 g/mol. The van der Waals surface area contributed by atoms with Crippen LogP contribution in [0.2, 0.25) is 0 Å². The highest BCUT2D eigenvalue weighted by molar-refractivity contribution is 5.76. The molecule has 1 unspecified atom stereocenters. The van der Waals surface area contributed by atoms with Crippen LogP contribution in [0.3, 0.4) is 0 Å². The number of nitrogens with zero attached hydrogens (tertiary/aromatic N) is 4. The molecule has 1 aliphatic rings. The van der Waals surface area contributed by atoms with Crippen LogP contribution >= 0.6 is 0 Å². The number of morpholine rings is 1. The third-order valence-electron chi connectivity index (χ3n) is 4.00. The fourth-order valence-corrected chi connectivity index (χ4v) is 2.74. The van der Waals surface area contributed by atoms with Crippen molar-refractivity contribution in [1.29, 1.82) is 0 Å². The van der Waals surface area contributed by atoms with Crippen LogP contribution in [0.25, 0.3) is 0 Å². The Balaban J connectivity index is 1.71. The summed E-state index contributed by atoms with van der Waals surface area (Å²) in [6, 6.07) is 6.93. The van der Waals surface area contributed by atoms with Crippen LogP contribution < -0.4 is 5.56 Å². The normalized spacial score (nSPS) is 17.8. The number of pyridine rings is 1. The van der Waals surface area contributed by atoms with Gasteiger partial charge in [0.05, 0.1) is 18.8 Å². The molecule has 1 fully saturated rings. The SMILES string of the molecule is Cc1cc(C2CN(C(=O)Cn3nc(C)ccc3=O)CCO2)ccn1. The first-order chi connectivity index (χ1) is 11.5. The van der Waals surface area contributed by atoms with Gasteiger partial charge in [0.25, 0.3) is 5.56 Å². The van der Waals surface area contributed by atoms with E-state index in [0.29, 0.717) is 25.4 Å². The molecule has 24 heavy (non-hydrogen) atoms. The first kappa shape index (κ1) is 16.3. The van der Waals surface area contributed by atoms with Crippen molar-refractivity contribution in [2.24, 2.45) is 0 Å². The summed E-state index contributed by atoms with van der Waals surface area (Å²) in [4.78, 5) is 30.2. The summed E-state index contributed by atoms with van der Waals surface area (Å²) in [5.74, 6) is -0.130. The first-order valence-electron chi connectivity index (χ1n) is 7.89. The average Bonchev–Trinajstić information content (AvgIpc) is 2.58. The number of amides is 1. The maximum absolute atomic E-state index is 12.5. The molecule has 0 bridgehead atoms. The van der Waals surface area contributed by atoms with Gasteiger partial charge in [0, 0.05) is 24.5 Å². The minimum atomic E-state index is -0.275. The molecule has 3 heterocycles. The van der Waals surface area contributed by atoms with Crippen molar-refractivity contribution in [3.63, 3.8) is 0 Å². The Morgan fingerprint density at radius 3 is 2.92 bits per heavy atom. The van der Waals surface area contributed by atoms with Crippen molar-refractivity contribution in [2.75, 3.05) is 19.7 Å². The van der Waals surface area contributed by atoms with Crippen LogP contribution in [0.4, 0.5) is 0 Å². The van der Waals surface area contributed by atoms with Gasteiger partial charge in [-0.3, -0.25) is 14.6 Å². The van der Waals surface area contributed by atoms with E-state index in [4.69, 9.17) is 4.74 Å². The van der Waals surface area contributed by atoms with Gasteiger partial charge in [0.1, 0.15) is 12.6 Å². The van der Waals surface area contributed by atoms with E-state index >= 15 is 0 Å². The third kappa shape index (κ3) is 3.68. The van der Waals surface area contributed by atoms with Gasteiger partial charge in [-0.2, -0.15) is 5.10 Å². The molecule has 0 saturated carbocycles. The van der Waals surface area contributed by atoms with E-state index in [-0.39, 0.29) is 24.1 Å². The molecule has 1 aliphatic heterocycles. The number of aromatic nitrogens is 3. The first-order valence-corrected chi connectivity index (χ1v) is 7.89. The van der Waals surface area contributed by atoms with Gasteiger partial charge in [-0.05, 0) is 37.6 Å². The van der Waals surface area contributed by atoms with Gasteiger partial charge in [-0.25, -0.2) is 4.68 Å². The van der Waals surface area contributed by atoms with Gasteiger partial charge in [-0.15, -0.1) is 0 Å². The molecule has 0 N–H and O–H groups in total. The second kappa shape index (κ2) is 6.92. The predicted octanol–water partition coefficient (Wildman–Crippen LogP) is 0.855. The van der Waals surface area contributed by atoms with Crippen molar-refractivity contribution in [3.8, 4) is 0 Å². The van der Waals surface area contributed by atoms with Crippen molar-refractivity contribution < 1.29 is 9.53 Å². The van der Waals surface area contributed by atoms with E-state index in [0.717, 1.165) is 11.3 Å². The van der Waals surface area contributed by atoms with E-state index in [2.05, 4.69) is 10.1 Å². The van der Waals surface area contributed by atoms with Gasteiger partial charge in [0.15, 0.2) is 0 Å². The van der Waals surface area contributed by atoms with Crippen molar-refractivity contribution >= 4 is 5.91 Å². The highest BCUT2D eigenvalue weighted by Gasteiger charge is 2.26. The monoisotopic (exact) mass is 328 g/mol. The summed E-state index contributed by atoms with van der Waals surface area (Å²) >= 11 is 0. The molecule has 0 spiro atoms. The van der Waals surface area contributed by atoms with Gasteiger partial charge in [-0.1, -0.05) is 0 Å². The molecule has 1 amide bonds. The zero-order valence-corrected chi connectivity index (χ0v) is 13.8. The number of hydrogen-bond donors (Lipinski definition) is 0. The highest BCUT2D eigenvalue weighted by atomic mass is 16.5. The summed E-state index contributed by atoms with van der Waals surface area (Å²) < 4.78 is 6.99. The Morgan fingerprint density at radius 2 is 2.12 bits per heavy atom. The van der Waals surface area contributed by atoms with Crippen molar-refractivity contribution in [3.05, 3.63) is 57.8 Å². The Labute approximate surface area is 139 Å². The van der Waals surface area contributed by atoms with E-state index < -0.39 is 0 Å².